The number of anilines is 3. The number of ether oxygens (including phenoxy) is 2. The molecule has 8 rings (SSSR count). The summed E-state index contributed by atoms with van der Waals surface area (Å²) in [7, 11) is 5.46. The quantitative estimate of drug-likeness (QED) is 0.0779. The van der Waals surface area contributed by atoms with Gasteiger partial charge in [0.15, 0.2) is 5.69 Å². The Morgan fingerprint density at radius 3 is 2.00 bits per heavy atom. The van der Waals surface area contributed by atoms with Gasteiger partial charge in [0.05, 0.1) is 58.6 Å². The highest BCUT2D eigenvalue weighted by Crippen LogP contribution is 2.66. The number of allylic oxidation sites excluding steroid dienone is 2. The van der Waals surface area contributed by atoms with Gasteiger partial charge in [-0.15, -0.1) is 0 Å². The van der Waals surface area contributed by atoms with E-state index in [1.807, 2.05) is 0 Å². The molecular formula is C42H36ClFN6O11. The number of fused-ring (bicyclic) bond motifs is 4. The minimum atomic E-state index is -1.84. The molecule has 2 aliphatic carbocycles. The van der Waals surface area contributed by atoms with Crippen molar-refractivity contribution in [3.05, 3.63) is 127 Å². The Morgan fingerprint density at radius 1 is 0.869 bits per heavy atom. The normalized spacial score (nSPS) is 24.2. The summed E-state index contributed by atoms with van der Waals surface area (Å²) >= 11 is 6.38. The van der Waals surface area contributed by atoms with Gasteiger partial charge in [0.2, 0.25) is 11.8 Å². The number of amides is 4. The van der Waals surface area contributed by atoms with Gasteiger partial charge < -0.3 is 19.5 Å². The molecule has 1 saturated carbocycles. The van der Waals surface area contributed by atoms with Crippen molar-refractivity contribution in [3.63, 3.8) is 0 Å². The van der Waals surface area contributed by atoms with Crippen LogP contribution in [0.1, 0.15) is 29.9 Å². The number of nitro benzene ring substituents is 2. The number of hydrogen-bond donors (Lipinski definition) is 2. The van der Waals surface area contributed by atoms with Gasteiger partial charge in [-0.05, 0) is 60.7 Å². The first-order valence-corrected chi connectivity index (χ1v) is 19.3. The number of carbonyl (C=O) groups is 4. The predicted octanol–water partition coefficient (Wildman–Crippen LogP) is 6.27. The van der Waals surface area contributed by atoms with Gasteiger partial charge in [-0.3, -0.25) is 44.8 Å². The molecule has 4 aliphatic rings. The van der Waals surface area contributed by atoms with Gasteiger partial charge in [-0.1, -0.05) is 35.4 Å². The van der Waals surface area contributed by atoms with Crippen LogP contribution >= 0.6 is 11.6 Å². The average molecular weight is 855 g/mol. The Morgan fingerprint density at radius 2 is 1.46 bits per heavy atom. The Bertz CT molecular complexity index is 2540. The van der Waals surface area contributed by atoms with Crippen LogP contribution in [0.3, 0.4) is 0 Å². The van der Waals surface area contributed by atoms with Crippen LogP contribution < -0.4 is 24.7 Å². The SMILES string of the molecule is COc1cc(O)cc(OC)c1[C@H]1C2=CC[C@@H]3C(=O)N(c4cc([N+](=O)[O-])c(N(C)C)c([N+](=O)[O-])c4)C(=O)[C@@H]3[C@@H]2C[C@H]2C(=O)N(Nc3ccc(F)cc3)C(=O)[C@@]12c1ccc(Cl)cc1. The predicted molar refractivity (Wildman–Crippen MR) is 217 cm³/mol. The van der Waals surface area contributed by atoms with Crippen molar-refractivity contribution in [2.24, 2.45) is 23.7 Å². The lowest BCUT2D eigenvalue weighted by Crippen LogP contribution is -2.53. The number of hydrazine groups is 1. The third kappa shape index (κ3) is 6.10. The zero-order chi connectivity index (χ0) is 43.8. The molecule has 17 nitrogen and oxygen atoms in total. The van der Waals surface area contributed by atoms with Crippen LogP contribution in [0.2, 0.25) is 5.02 Å². The number of nitro groups is 2. The first kappa shape index (κ1) is 40.7. The van der Waals surface area contributed by atoms with Crippen molar-refractivity contribution < 1.29 is 48.0 Å². The first-order valence-electron chi connectivity index (χ1n) is 18.9. The molecule has 61 heavy (non-hydrogen) atoms. The fourth-order valence-electron chi connectivity index (χ4n) is 9.89. The third-order valence-electron chi connectivity index (χ3n) is 12.2. The van der Waals surface area contributed by atoms with E-state index in [-0.39, 0.29) is 52.7 Å². The van der Waals surface area contributed by atoms with E-state index in [1.165, 1.54) is 57.5 Å². The maximum absolute atomic E-state index is 15.5. The molecule has 0 spiro atoms. The number of carbonyl (C=O) groups excluding carboxylic acids is 4. The van der Waals surface area contributed by atoms with Crippen LogP contribution in [0, 0.1) is 49.7 Å². The van der Waals surface area contributed by atoms with Gasteiger partial charge in [0.1, 0.15) is 23.1 Å². The smallest absolute Gasteiger partial charge is 0.301 e. The number of phenolic OH excluding ortho intramolecular Hbond substituents is 1. The largest absolute Gasteiger partial charge is 0.508 e. The highest BCUT2D eigenvalue weighted by molar-refractivity contribution is 6.30. The summed E-state index contributed by atoms with van der Waals surface area (Å²) in [5, 5.41) is 36.5. The van der Waals surface area contributed by atoms with Crippen LogP contribution in [-0.4, -0.2) is 71.9 Å². The second kappa shape index (κ2) is 14.9. The third-order valence-corrected chi connectivity index (χ3v) is 12.5. The lowest BCUT2D eigenvalue weighted by molar-refractivity contribution is -0.392. The molecule has 4 amide bonds. The number of benzene rings is 4. The minimum absolute atomic E-state index is 0.0684. The van der Waals surface area contributed by atoms with Crippen LogP contribution in [0.5, 0.6) is 17.2 Å². The molecule has 6 atom stereocenters. The van der Waals surface area contributed by atoms with Gasteiger partial charge >= 0.3 is 11.4 Å². The van der Waals surface area contributed by atoms with Gasteiger partial charge in [0.25, 0.3) is 11.8 Å². The molecular weight excluding hydrogens is 819 g/mol. The summed E-state index contributed by atoms with van der Waals surface area (Å²) in [5.41, 5.74) is 0.152. The number of nitrogens with zero attached hydrogens (tertiary/aromatic N) is 5. The number of phenols is 1. The van der Waals surface area contributed by atoms with E-state index in [1.54, 1.807) is 30.3 Å². The average Bonchev–Trinajstić information content (AvgIpc) is 3.61. The first-order chi connectivity index (χ1) is 29.0. The zero-order valence-electron chi connectivity index (χ0n) is 32.8. The van der Waals surface area contributed by atoms with E-state index in [0.29, 0.717) is 16.2 Å². The maximum Gasteiger partial charge on any atom is 0.301 e. The van der Waals surface area contributed by atoms with E-state index >= 15 is 9.59 Å². The lowest BCUT2D eigenvalue weighted by Gasteiger charge is -2.51. The maximum atomic E-state index is 15.5. The number of imide groups is 2. The lowest BCUT2D eigenvalue weighted by atomic mass is 9.49. The Kier molecular flexibility index (Phi) is 9.92. The Labute approximate surface area is 351 Å². The molecule has 314 valence electrons. The Hall–Kier alpha value is -7.08. The molecule has 4 aromatic carbocycles. The van der Waals surface area contributed by atoms with Crippen molar-refractivity contribution in [2.45, 2.75) is 24.2 Å². The molecule has 2 saturated heterocycles. The van der Waals surface area contributed by atoms with Crippen molar-refractivity contribution in [3.8, 4) is 17.2 Å². The standard InChI is InChI=1S/C42H36ClFN6O11/c1-46(2)37-30(49(56)57)15-24(16-31(37)50(58)59)47-38(52)27-14-13-26-28(34(27)40(47)54)19-29-39(53)48(45-23-11-9-22(44)10-12-23)41(55)42(29,20-5-7-21(43)8-6-20)36(26)35-32(60-3)17-25(51)18-33(35)61-4/h5-13,15-18,27-29,34,36,45,51H,14,19H2,1-4H3/t27-,28+,29-,34-,36+,42+/m0/s1. The topological polar surface area (TPSA) is 215 Å². The Balaban J connectivity index is 1.35. The summed E-state index contributed by atoms with van der Waals surface area (Å²) < 4.78 is 25.7. The molecule has 19 heteroatoms. The van der Waals surface area contributed by atoms with E-state index < -0.39 is 85.7 Å². The van der Waals surface area contributed by atoms with Crippen molar-refractivity contribution in [2.75, 3.05) is 43.5 Å². The van der Waals surface area contributed by atoms with E-state index in [9.17, 15) is 39.3 Å². The molecule has 4 aromatic rings. The summed E-state index contributed by atoms with van der Waals surface area (Å²) in [5.74, 6) is -9.38. The number of methoxy groups -OCH3 is 2. The summed E-state index contributed by atoms with van der Waals surface area (Å²) in [6.45, 7) is 0. The summed E-state index contributed by atoms with van der Waals surface area (Å²) in [4.78, 5) is 84.7. The molecule has 0 unspecified atom stereocenters. The second-order valence-corrected chi connectivity index (χ2v) is 15.8. The van der Waals surface area contributed by atoms with Gasteiger partial charge in [-0.2, -0.15) is 5.01 Å². The fourth-order valence-corrected chi connectivity index (χ4v) is 10.0. The highest BCUT2D eigenvalue weighted by Gasteiger charge is 2.71. The molecule has 0 aromatic heterocycles. The van der Waals surface area contributed by atoms with E-state index in [2.05, 4.69) is 5.43 Å². The van der Waals surface area contributed by atoms with Crippen molar-refractivity contribution >= 4 is 63.7 Å². The molecule has 2 N–H and O–H groups in total. The molecule has 0 radical (unpaired) electrons. The van der Waals surface area contributed by atoms with Crippen LogP contribution in [0.25, 0.3) is 0 Å². The number of hydrogen-bond acceptors (Lipinski definition) is 13. The fraction of sp³-hybridized carbons (Fsp3) is 0.286. The summed E-state index contributed by atoms with van der Waals surface area (Å²) in [6, 6.07) is 15.9. The van der Waals surface area contributed by atoms with Gasteiger partial charge in [-0.25, -0.2) is 9.29 Å². The van der Waals surface area contributed by atoms with Crippen LogP contribution in [-0.2, 0) is 24.6 Å². The number of aromatic hydroxyl groups is 1. The monoisotopic (exact) mass is 854 g/mol. The van der Waals surface area contributed by atoms with E-state index in [4.69, 9.17) is 21.1 Å². The molecule has 0 bridgehead atoms. The zero-order valence-corrected chi connectivity index (χ0v) is 33.6. The molecule has 3 fully saturated rings. The number of nitrogens with one attached hydrogen (secondary N) is 1. The molecule has 2 aliphatic heterocycles. The highest BCUT2D eigenvalue weighted by atomic mass is 35.5. The van der Waals surface area contributed by atoms with Crippen molar-refractivity contribution in [1.82, 2.24) is 5.01 Å². The van der Waals surface area contributed by atoms with E-state index in [0.717, 1.165) is 34.2 Å². The summed E-state index contributed by atoms with van der Waals surface area (Å²) in [6.07, 6.45) is 1.49. The molecule has 2 heterocycles. The van der Waals surface area contributed by atoms with Crippen molar-refractivity contribution in [1.29, 1.82) is 0 Å². The second-order valence-electron chi connectivity index (χ2n) is 15.4. The number of halogens is 2. The van der Waals surface area contributed by atoms with Crippen LogP contribution in [0.15, 0.2) is 84.4 Å². The minimum Gasteiger partial charge on any atom is -0.508 e. The van der Waals surface area contributed by atoms with Crippen LogP contribution in [0.4, 0.5) is 32.8 Å². The number of rotatable bonds is 10. The van der Waals surface area contributed by atoms with Gasteiger partial charge in [0, 0.05) is 54.9 Å².